The fourth-order valence-corrected chi connectivity index (χ4v) is 2.49. The number of halogens is 1. The van der Waals surface area contributed by atoms with E-state index in [0.29, 0.717) is 18.4 Å². The number of para-hydroxylation sites is 1. The molecule has 4 nitrogen and oxygen atoms in total. The van der Waals surface area contributed by atoms with Gasteiger partial charge in [-0.3, -0.25) is 9.78 Å². The summed E-state index contributed by atoms with van der Waals surface area (Å²) in [5, 5.41) is 12.3. The molecule has 2 aromatic rings. The van der Waals surface area contributed by atoms with Gasteiger partial charge < -0.3 is 10.4 Å². The van der Waals surface area contributed by atoms with Crippen LogP contribution in [0.15, 0.2) is 42.7 Å². The second kappa shape index (κ2) is 5.52. The average molecular weight is 286 g/mol. The maximum atomic E-state index is 13.2. The van der Waals surface area contributed by atoms with E-state index in [1.165, 1.54) is 17.7 Å². The van der Waals surface area contributed by atoms with Gasteiger partial charge in [0, 0.05) is 18.9 Å². The number of aromatic nitrogens is 1. The number of pyridine rings is 1. The molecular weight excluding hydrogens is 271 g/mol. The second-order valence-electron chi connectivity index (χ2n) is 5.23. The maximum Gasteiger partial charge on any atom is 0.255 e. The first-order valence-electron chi connectivity index (χ1n) is 6.82. The van der Waals surface area contributed by atoms with E-state index in [0.717, 1.165) is 12.5 Å². The normalized spacial score (nSPS) is 20.0. The van der Waals surface area contributed by atoms with Crippen LogP contribution in [0.25, 0.3) is 0 Å². The first kappa shape index (κ1) is 13.5. The average Bonchev–Trinajstić information content (AvgIpc) is 3.28. The van der Waals surface area contributed by atoms with E-state index < -0.39 is 17.5 Å². The fraction of sp³-hybridized carbons (Fsp3) is 0.250. The minimum atomic E-state index is -0.790. The van der Waals surface area contributed by atoms with Crippen LogP contribution in [0.4, 0.5) is 4.39 Å². The van der Waals surface area contributed by atoms with Crippen LogP contribution in [0.3, 0.4) is 0 Å². The molecule has 2 N–H and O–H groups in total. The van der Waals surface area contributed by atoms with E-state index >= 15 is 0 Å². The third-order valence-corrected chi connectivity index (χ3v) is 3.79. The smallest absolute Gasteiger partial charge is 0.255 e. The van der Waals surface area contributed by atoms with Crippen LogP contribution in [0, 0.1) is 11.7 Å². The summed E-state index contributed by atoms with van der Waals surface area (Å²) in [6.07, 6.45) is 4.57. The summed E-state index contributed by atoms with van der Waals surface area (Å²) in [6.45, 7) is 0.508. The molecule has 1 aliphatic rings. The molecule has 1 fully saturated rings. The van der Waals surface area contributed by atoms with Gasteiger partial charge in [0.2, 0.25) is 0 Å². The highest BCUT2D eigenvalue weighted by Gasteiger charge is 2.38. The Morgan fingerprint density at radius 1 is 1.38 bits per heavy atom. The summed E-state index contributed by atoms with van der Waals surface area (Å²) in [4.78, 5) is 16.0. The van der Waals surface area contributed by atoms with E-state index in [2.05, 4.69) is 10.3 Å². The van der Waals surface area contributed by atoms with Crippen LogP contribution in [0.1, 0.15) is 28.3 Å². The number of amides is 1. The molecule has 0 saturated heterocycles. The van der Waals surface area contributed by atoms with Crippen molar-refractivity contribution in [2.75, 3.05) is 6.54 Å². The predicted molar refractivity (Wildman–Crippen MR) is 75.5 cm³/mol. The zero-order chi connectivity index (χ0) is 14.8. The topological polar surface area (TPSA) is 62.2 Å². The molecule has 2 atom stereocenters. The van der Waals surface area contributed by atoms with Crippen molar-refractivity contribution in [3.63, 3.8) is 0 Å². The molecule has 108 valence electrons. The van der Waals surface area contributed by atoms with E-state index in [9.17, 15) is 14.3 Å². The Bertz CT molecular complexity index is 661. The van der Waals surface area contributed by atoms with E-state index in [1.54, 1.807) is 6.20 Å². The van der Waals surface area contributed by atoms with Crippen LogP contribution in [0.2, 0.25) is 0 Å². The van der Waals surface area contributed by atoms with Gasteiger partial charge in [-0.1, -0.05) is 12.1 Å². The lowest BCUT2D eigenvalue weighted by Crippen LogP contribution is -2.26. The van der Waals surface area contributed by atoms with E-state index in [-0.39, 0.29) is 5.56 Å². The number of nitrogens with one attached hydrogen (secondary N) is 1. The largest absolute Gasteiger partial charge is 0.504 e. The quantitative estimate of drug-likeness (QED) is 0.907. The van der Waals surface area contributed by atoms with Gasteiger partial charge in [-0.2, -0.15) is 0 Å². The molecule has 1 aromatic carbocycles. The minimum Gasteiger partial charge on any atom is -0.504 e. The number of phenolic OH excluding ortho intramolecular Hbond substituents is 1. The van der Waals surface area contributed by atoms with Crippen molar-refractivity contribution in [1.82, 2.24) is 10.3 Å². The molecular formula is C16H15FN2O2. The Kier molecular flexibility index (Phi) is 3.56. The highest BCUT2D eigenvalue weighted by molar-refractivity contribution is 5.96. The van der Waals surface area contributed by atoms with E-state index in [1.807, 2.05) is 18.3 Å². The fourth-order valence-electron chi connectivity index (χ4n) is 2.49. The molecule has 21 heavy (non-hydrogen) atoms. The Hall–Kier alpha value is -2.43. The van der Waals surface area contributed by atoms with Crippen molar-refractivity contribution < 1.29 is 14.3 Å². The third-order valence-electron chi connectivity index (χ3n) is 3.79. The SMILES string of the molecule is O=C(NC[C@@H]1C[C@H]1c1cccnc1)c1cccc(F)c1O. The molecule has 3 rings (SSSR count). The zero-order valence-corrected chi connectivity index (χ0v) is 11.3. The van der Waals surface area contributed by atoms with Crippen LogP contribution in [0.5, 0.6) is 5.75 Å². The molecule has 0 spiro atoms. The predicted octanol–water partition coefficient (Wildman–Crippen LogP) is 2.46. The van der Waals surface area contributed by atoms with Crippen LogP contribution in [-0.2, 0) is 0 Å². The van der Waals surface area contributed by atoms with Crippen molar-refractivity contribution in [3.8, 4) is 5.75 Å². The van der Waals surface area contributed by atoms with Gasteiger partial charge in [0.1, 0.15) is 0 Å². The summed E-state index contributed by atoms with van der Waals surface area (Å²) in [5.74, 6) is -1.06. The Morgan fingerprint density at radius 2 is 2.24 bits per heavy atom. The van der Waals surface area contributed by atoms with Gasteiger partial charge in [0.05, 0.1) is 5.56 Å². The molecule has 1 heterocycles. The Morgan fingerprint density at radius 3 is 3.00 bits per heavy atom. The molecule has 1 amide bonds. The lowest BCUT2D eigenvalue weighted by Gasteiger charge is -2.07. The first-order valence-corrected chi connectivity index (χ1v) is 6.82. The zero-order valence-electron chi connectivity index (χ0n) is 11.3. The number of carbonyl (C=O) groups excluding carboxylic acids is 1. The van der Waals surface area contributed by atoms with Crippen molar-refractivity contribution in [2.24, 2.45) is 5.92 Å². The van der Waals surface area contributed by atoms with Gasteiger partial charge >= 0.3 is 0 Å². The third kappa shape index (κ3) is 2.86. The number of carbonyl (C=O) groups is 1. The van der Waals surface area contributed by atoms with Gasteiger partial charge in [-0.05, 0) is 42.0 Å². The molecule has 1 saturated carbocycles. The maximum absolute atomic E-state index is 13.2. The Balaban J connectivity index is 1.57. The molecule has 0 unspecified atom stereocenters. The van der Waals surface area contributed by atoms with Crippen molar-refractivity contribution in [3.05, 3.63) is 59.7 Å². The van der Waals surface area contributed by atoms with Crippen LogP contribution in [-0.4, -0.2) is 22.5 Å². The summed E-state index contributed by atoms with van der Waals surface area (Å²) in [5.41, 5.74) is 1.14. The molecule has 0 bridgehead atoms. The number of hydrogen-bond acceptors (Lipinski definition) is 3. The van der Waals surface area contributed by atoms with Gasteiger partial charge in [-0.15, -0.1) is 0 Å². The van der Waals surface area contributed by atoms with Gasteiger partial charge in [-0.25, -0.2) is 4.39 Å². The van der Waals surface area contributed by atoms with Gasteiger partial charge in [0.25, 0.3) is 5.91 Å². The van der Waals surface area contributed by atoms with Crippen molar-refractivity contribution >= 4 is 5.91 Å². The van der Waals surface area contributed by atoms with Crippen molar-refractivity contribution in [1.29, 1.82) is 0 Å². The highest BCUT2D eigenvalue weighted by atomic mass is 19.1. The first-order chi connectivity index (χ1) is 10.2. The number of phenols is 1. The monoisotopic (exact) mass is 286 g/mol. The number of aromatic hydroxyl groups is 1. The number of hydrogen-bond donors (Lipinski definition) is 2. The van der Waals surface area contributed by atoms with Crippen LogP contribution >= 0.6 is 0 Å². The molecule has 0 aliphatic heterocycles. The van der Waals surface area contributed by atoms with Gasteiger partial charge in [0.15, 0.2) is 11.6 Å². The minimum absolute atomic E-state index is 0.0337. The molecule has 0 radical (unpaired) electrons. The summed E-state index contributed by atoms with van der Waals surface area (Å²) in [7, 11) is 0. The summed E-state index contributed by atoms with van der Waals surface area (Å²) in [6, 6.07) is 7.84. The number of rotatable bonds is 4. The number of benzene rings is 1. The van der Waals surface area contributed by atoms with Crippen LogP contribution < -0.4 is 5.32 Å². The lowest BCUT2D eigenvalue weighted by molar-refractivity contribution is 0.0948. The summed E-state index contributed by atoms with van der Waals surface area (Å²) < 4.78 is 13.2. The second-order valence-corrected chi connectivity index (χ2v) is 5.23. The number of nitrogens with zero attached hydrogens (tertiary/aromatic N) is 1. The van der Waals surface area contributed by atoms with Crippen molar-refractivity contribution in [2.45, 2.75) is 12.3 Å². The molecule has 1 aliphatic carbocycles. The Labute approximate surface area is 121 Å². The molecule has 5 heteroatoms. The molecule has 1 aromatic heterocycles. The standard InChI is InChI=1S/C16H15FN2O2/c17-14-5-1-4-12(15(14)20)16(21)19-9-11-7-13(11)10-3-2-6-18-8-10/h1-6,8,11,13,20H,7,9H2,(H,19,21)/t11-,13-/m0/s1. The van der Waals surface area contributed by atoms with E-state index in [4.69, 9.17) is 0 Å². The summed E-state index contributed by atoms with van der Waals surface area (Å²) >= 11 is 0. The lowest BCUT2D eigenvalue weighted by atomic mass is 10.1. The highest BCUT2D eigenvalue weighted by Crippen LogP contribution is 2.46.